The van der Waals surface area contributed by atoms with Crippen molar-refractivity contribution in [2.45, 2.75) is 26.2 Å². The molecule has 1 heterocycles. The molecule has 3 nitrogen and oxygen atoms in total. The Bertz CT molecular complexity index is 733. The lowest BCUT2D eigenvalue weighted by molar-refractivity contribution is -0.115. The number of hydrogen-bond donors (Lipinski definition) is 0. The number of Topliss-reactive ketones (excluding diaryl/α,β-unsaturated/α-hetero) is 1. The van der Waals surface area contributed by atoms with Gasteiger partial charge in [0, 0.05) is 12.1 Å². The van der Waals surface area contributed by atoms with Gasteiger partial charge in [0.15, 0.2) is 5.78 Å². The zero-order valence-corrected chi connectivity index (χ0v) is 14.3. The van der Waals surface area contributed by atoms with E-state index in [0.29, 0.717) is 12.1 Å². The van der Waals surface area contributed by atoms with Gasteiger partial charge < -0.3 is 0 Å². The van der Waals surface area contributed by atoms with Crippen LogP contribution in [0.15, 0.2) is 54.1 Å². The molecular weight excluding hydrogens is 304 g/mol. The summed E-state index contributed by atoms with van der Waals surface area (Å²) in [5.74, 6) is -0.0712. The van der Waals surface area contributed by atoms with Crippen LogP contribution in [0.25, 0.3) is 6.08 Å². The summed E-state index contributed by atoms with van der Waals surface area (Å²) in [7, 11) is 0. The Morgan fingerprint density at radius 2 is 1.91 bits per heavy atom. The summed E-state index contributed by atoms with van der Waals surface area (Å²) in [6.45, 7) is 3.87. The molecule has 0 saturated heterocycles. The first kappa shape index (κ1) is 18.7. The van der Waals surface area contributed by atoms with Crippen LogP contribution in [-0.4, -0.2) is 10.8 Å². The summed E-state index contributed by atoms with van der Waals surface area (Å²) < 4.78 is 0. The van der Waals surface area contributed by atoms with E-state index < -0.39 is 0 Å². The molecule has 2 rings (SSSR count). The van der Waals surface area contributed by atoms with Gasteiger partial charge in [-0.15, -0.1) is 0 Å². The summed E-state index contributed by atoms with van der Waals surface area (Å²) in [5.41, 5.74) is 2.75. The molecule has 118 valence electrons. The second-order valence-electron chi connectivity index (χ2n) is 5.31. The third-order valence-electron chi connectivity index (χ3n) is 3.48. The first-order chi connectivity index (χ1) is 10.6. The minimum atomic E-state index is -0.151. The van der Waals surface area contributed by atoms with Gasteiger partial charge in [0.1, 0.15) is 6.07 Å². The molecule has 0 spiro atoms. The van der Waals surface area contributed by atoms with Gasteiger partial charge in [-0.05, 0) is 36.6 Å². The molecular formula is C19H20N2OS. The van der Waals surface area contributed by atoms with E-state index in [0.717, 1.165) is 11.3 Å². The van der Waals surface area contributed by atoms with Crippen molar-refractivity contribution in [3.63, 3.8) is 0 Å². The summed E-state index contributed by atoms with van der Waals surface area (Å²) in [6, 6.07) is 17.4. The number of hydrogen-bond acceptors (Lipinski definition) is 3. The molecule has 23 heavy (non-hydrogen) atoms. The largest absolute Gasteiger partial charge is 0.293 e. The number of carbonyl (C=O) groups is 1. The van der Waals surface area contributed by atoms with Crippen LogP contribution in [0.2, 0.25) is 0 Å². The number of pyridine rings is 1. The lowest BCUT2D eigenvalue weighted by Gasteiger charge is -2.10. The van der Waals surface area contributed by atoms with E-state index in [1.807, 2.05) is 62.4 Å². The molecule has 1 aromatic carbocycles. The van der Waals surface area contributed by atoms with Crippen molar-refractivity contribution < 1.29 is 4.79 Å². The molecule has 2 aromatic rings. The number of nitrogens with zero attached hydrogens (tertiary/aromatic N) is 2. The lowest BCUT2D eigenvalue weighted by atomic mass is 9.93. The van der Waals surface area contributed by atoms with Gasteiger partial charge in [-0.25, -0.2) is 0 Å². The maximum Gasteiger partial charge on any atom is 0.174 e. The van der Waals surface area contributed by atoms with E-state index in [4.69, 9.17) is 0 Å². The Morgan fingerprint density at radius 3 is 2.52 bits per heavy atom. The minimum Gasteiger partial charge on any atom is -0.293 e. The normalized spacial score (nSPS) is 12.0. The Kier molecular flexibility index (Phi) is 7.24. The molecule has 1 aromatic heterocycles. The van der Waals surface area contributed by atoms with Gasteiger partial charge in [-0.2, -0.15) is 18.8 Å². The molecule has 0 bridgehead atoms. The van der Waals surface area contributed by atoms with Crippen LogP contribution < -0.4 is 0 Å². The number of aromatic nitrogens is 1. The molecule has 0 amide bonds. The van der Waals surface area contributed by atoms with Crippen molar-refractivity contribution in [1.29, 1.82) is 5.26 Å². The van der Waals surface area contributed by atoms with Crippen LogP contribution in [0.3, 0.4) is 0 Å². The zero-order chi connectivity index (χ0) is 15.9. The van der Waals surface area contributed by atoms with E-state index >= 15 is 0 Å². The van der Waals surface area contributed by atoms with Gasteiger partial charge in [-0.1, -0.05) is 43.3 Å². The van der Waals surface area contributed by atoms with Crippen molar-refractivity contribution in [3.05, 3.63) is 71.1 Å². The van der Waals surface area contributed by atoms with Gasteiger partial charge in [0.2, 0.25) is 0 Å². The Morgan fingerprint density at radius 1 is 1.22 bits per heavy atom. The van der Waals surface area contributed by atoms with Gasteiger partial charge in [0.05, 0.1) is 11.3 Å². The first-order valence-corrected chi connectivity index (χ1v) is 7.23. The summed E-state index contributed by atoms with van der Waals surface area (Å²) >= 11 is 0. The predicted molar refractivity (Wildman–Crippen MR) is 97.4 cm³/mol. The fourth-order valence-corrected chi connectivity index (χ4v) is 2.25. The number of carbonyl (C=O) groups excluding carboxylic acids is 1. The highest BCUT2D eigenvalue weighted by Crippen LogP contribution is 2.21. The fraction of sp³-hybridized carbons (Fsp3) is 0.211. The topological polar surface area (TPSA) is 53.8 Å². The third kappa shape index (κ3) is 5.39. The molecule has 0 fully saturated rings. The molecule has 0 saturated carbocycles. The van der Waals surface area contributed by atoms with Crippen molar-refractivity contribution in [2.75, 3.05) is 0 Å². The highest BCUT2D eigenvalue weighted by Gasteiger charge is 2.15. The average Bonchev–Trinajstić information content (AvgIpc) is 2.53. The highest BCUT2D eigenvalue weighted by molar-refractivity contribution is 7.59. The molecule has 0 N–H and O–H groups in total. The number of benzene rings is 1. The van der Waals surface area contributed by atoms with Crippen LogP contribution in [0.4, 0.5) is 0 Å². The third-order valence-corrected chi connectivity index (χ3v) is 3.48. The number of allylic oxidation sites excluding steroid dienone is 1. The second-order valence-corrected chi connectivity index (χ2v) is 5.31. The van der Waals surface area contributed by atoms with Crippen LogP contribution >= 0.6 is 13.5 Å². The fourth-order valence-electron chi connectivity index (χ4n) is 2.25. The number of rotatable bonds is 5. The Labute approximate surface area is 144 Å². The van der Waals surface area contributed by atoms with Gasteiger partial charge >= 0.3 is 0 Å². The SMILES string of the molecule is Cc1cccc(/C=C(\C#N)C(=O)C[C@@H](C)c2ccccc2)n1.S. The van der Waals surface area contributed by atoms with Gasteiger partial charge in [-0.3, -0.25) is 9.78 Å². The number of ketones is 1. The maximum absolute atomic E-state index is 12.3. The molecule has 0 aliphatic carbocycles. The van der Waals surface area contributed by atoms with E-state index in [2.05, 4.69) is 4.98 Å². The lowest BCUT2D eigenvalue weighted by Crippen LogP contribution is -2.06. The number of nitriles is 1. The zero-order valence-electron chi connectivity index (χ0n) is 13.3. The molecule has 0 aliphatic heterocycles. The van der Waals surface area contributed by atoms with Crippen molar-refractivity contribution in [2.24, 2.45) is 0 Å². The van der Waals surface area contributed by atoms with Crippen LogP contribution in [0.5, 0.6) is 0 Å². The highest BCUT2D eigenvalue weighted by atomic mass is 32.1. The van der Waals surface area contributed by atoms with E-state index in [1.54, 1.807) is 12.1 Å². The van der Waals surface area contributed by atoms with E-state index in [9.17, 15) is 10.1 Å². The quantitative estimate of drug-likeness (QED) is 0.612. The smallest absolute Gasteiger partial charge is 0.174 e. The van der Waals surface area contributed by atoms with Crippen molar-refractivity contribution in [3.8, 4) is 6.07 Å². The molecule has 4 heteroatoms. The van der Waals surface area contributed by atoms with Crippen LogP contribution in [0.1, 0.15) is 36.2 Å². The average molecular weight is 324 g/mol. The molecule has 0 aliphatic rings. The predicted octanol–water partition coefficient (Wildman–Crippen LogP) is 4.17. The van der Waals surface area contributed by atoms with Crippen LogP contribution in [-0.2, 0) is 4.79 Å². The van der Waals surface area contributed by atoms with Crippen LogP contribution in [0, 0.1) is 18.3 Å². The minimum absolute atomic E-state index is 0. The summed E-state index contributed by atoms with van der Waals surface area (Å²) in [4.78, 5) is 16.6. The van der Waals surface area contributed by atoms with E-state index in [-0.39, 0.29) is 30.8 Å². The number of aryl methyl sites for hydroxylation is 1. The van der Waals surface area contributed by atoms with Crippen molar-refractivity contribution >= 4 is 25.4 Å². The van der Waals surface area contributed by atoms with Gasteiger partial charge in [0.25, 0.3) is 0 Å². The summed E-state index contributed by atoms with van der Waals surface area (Å²) in [5, 5.41) is 9.24. The molecule has 0 unspecified atom stereocenters. The Hall–Kier alpha value is -2.38. The standard InChI is InChI=1S/C19H18N2O.H2S/c1-14(16-8-4-3-5-9-16)11-19(22)17(13-20)12-18-10-6-7-15(2)21-18;/h3-10,12,14H,11H2,1-2H3;1H2/b17-12+;/t14-;/m1./s1. The first-order valence-electron chi connectivity index (χ1n) is 7.23. The van der Waals surface area contributed by atoms with E-state index in [1.165, 1.54) is 0 Å². The Balaban J connectivity index is 0.00000264. The monoisotopic (exact) mass is 324 g/mol. The second kappa shape index (κ2) is 8.92. The molecule has 0 radical (unpaired) electrons. The molecule has 1 atom stereocenters. The van der Waals surface area contributed by atoms with Crippen molar-refractivity contribution in [1.82, 2.24) is 4.98 Å². The maximum atomic E-state index is 12.3. The summed E-state index contributed by atoms with van der Waals surface area (Å²) in [6.07, 6.45) is 1.88.